The number of likely N-dealkylation sites (tertiary alicyclic amines) is 1. The fraction of sp³-hybridized carbons (Fsp3) is 0.579. The number of fused-ring (bicyclic) bond motifs is 1. The summed E-state index contributed by atoms with van der Waals surface area (Å²) in [6.45, 7) is 1.72. The van der Waals surface area contributed by atoms with Crippen molar-refractivity contribution in [2.45, 2.75) is 25.2 Å². The number of carboxylic acids is 1. The first kappa shape index (κ1) is 19.0. The molecule has 3 rings (SSSR count). The molecule has 1 aromatic carbocycles. The number of hydrogen-bond acceptors (Lipinski definition) is 3. The van der Waals surface area contributed by atoms with E-state index in [0.29, 0.717) is 37.7 Å². The van der Waals surface area contributed by atoms with Crippen LogP contribution in [0.5, 0.6) is 0 Å². The van der Waals surface area contributed by atoms with E-state index in [4.69, 9.17) is 16.3 Å². The van der Waals surface area contributed by atoms with Crippen LogP contribution in [-0.4, -0.2) is 55.4 Å². The molecule has 6 nitrogen and oxygen atoms in total. The van der Waals surface area contributed by atoms with Crippen LogP contribution in [0.1, 0.15) is 30.7 Å². The second kappa shape index (κ2) is 7.84. The van der Waals surface area contributed by atoms with Crippen molar-refractivity contribution in [3.05, 3.63) is 34.9 Å². The number of carbonyl (C=O) groups is 2. The van der Waals surface area contributed by atoms with Crippen molar-refractivity contribution in [2.24, 2.45) is 11.3 Å². The van der Waals surface area contributed by atoms with Crippen LogP contribution in [0.3, 0.4) is 0 Å². The second-order valence-electron chi connectivity index (χ2n) is 7.32. The third kappa shape index (κ3) is 3.67. The van der Waals surface area contributed by atoms with E-state index in [1.54, 1.807) is 12.0 Å². The molecule has 1 saturated heterocycles. The smallest absolute Gasteiger partial charge is 0.317 e. The molecule has 0 bridgehead atoms. The summed E-state index contributed by atoms with van der Waals surface area (Å²) in [5.41, 5.74) is 0.288. The summed E-state index contributed by atoms with van der Waals surface area (Å²) >= 11 is 5.94. The van der Waals surface area contributed by atoms with Gasteiger partial charge in [-0.15, -0.1) is 0 Å². The Morgan fingerprint density at radius 3 is 2.77 bits per heavy atom. The highest BCUT2D eigenvalue weighted by atomic mass is 35.5. The molecule has 1 heterocycles. The van der Waals surface area contributed by atoms with Crippen LogP contribution in [0.25, 0.3) is 0 Å². The van der Waals surface area contributed by atoms with E-state index in [0.717, 1.165) is 18.4 Å². The minimum Gasteiger partial charge on any atom is -0.481 e. The number of nitrogens with one attached hydrogen (secondary N) is 1. The zero-order valence-corrected chi connectivity index (χ0v) is 15.7. The molecule has 2 amide bonds. The molecule has 2 aliphatic rings. The van der Waals surface area contributed by atoms with Gasteiger partial charge in [-0.05, 0) is 36.5 Å². The Morgan fingerprint density at radius 1 is 1.42 bits per heavy atom. The van der Waals surface area contributed by atoms with Crippen LogP contribution in [-0.2, 0) is 9.53 Å². The Labute approximate surface area is 158 Å². The maximum absolute atomic E-state index is 12.6. The van der Waals surface area contributed by atoms with Gasteiger partial charge in [-0.3, -0.25) is 4.79 Å². The highest BCUT2D eigenvalue weighted by molar-refractivity contribution is 6.30. The lowest BCUT2D eigenvalue weighted by Crippen LogP contribution is -2.43. The molecule has 0 radical (unpaired) electrons. The first-order valence-corrected chi connectivity index (χ1v) is 9.34. The van der Waals surface area contributed by atoms with Gasteiger partial charge in [0, 0.05) is 37.7 Å². The molecule has 2 N–H and O–H groups in total. The number of hydrogen-bond donors (Lipinski definition) is 2. The maximum Gasteiger partial charge on any atom is 0.317 e. The summed E-state index contributed by atoms with van der Waals surface area (Å²) in [7, 11) is 1.63. The van der Waals surface area contributed by atoms with Gasteiger partial charge in [-0.2, -0.15) is 0 Å². The van der Waals surface area contributed by atoms with Gasteiger partial charge in [-0.1, -0.05) is 30.2 Å². The summed E-state index contributed by atoms with van der Waals surface area (Å²) in [5, 5.41) is 13.3. The number of benzene rings is 1. The van der Waals surface area contributed by atoms with Crippen LogP contribution < -0.4 is 5.32 Å². The molecular formula is C19H25ClN2O4. The van der Waals surface area contributed by atoms with Crippen LogP contribution in [0.4, 0.5) is 4.79 Å². The van der Waals surface area contributed by atoms with Crippen LogP contribution in [0.15, 0.2) is 24.3 Å². The minimum atomic E-state index is -0.770. The Kier molecular flexibility index (Phi) is 5.73. The van der Waals surface area contributed by atoms with Gasteiger partial charge in [0.2, 0.25) is 0 Å². The third-order valence-electron chi connectivity index (χ3n) is 5.79. The first-order valence-electron chi connectivity index (χ1n) is 8.97. The van der Waals surface area contributed by atoms with Crippen LogP contribution in [0.2, 0.25) is 5.02 Å². The van der Waals surface area contributed by atoms with Gasteiger partial charge in [-0.25, -0.2) is 4.79 Å². The quantitative estimate of drug-likeness (QED) is 0.795. The van der Waals surface area contributed by atoms with Gasteiger partial charge < -0.3 is 20.1 Å². The molecule has 7 heteroatoms. The van der Waals surface area contributed by atoms with E-state index in [2.05, 4.69) is 5.32 Å². The minimum absolute atomic E-state index is 0.0109. The van der Waals surface area contributed by atoms with E-state index >= 15 is 0 Å². The van der Waals surface area contributed by atoms with Gasteiger partial charge in [0.25, 0.3) is 0 Å². The number of methoxy groups -OCH3 is 1. The van der Waals surface area contributed by atoms with E-state index in [-0.39, 0.29) is 17.9 Å². The number of aliphatic carboxylic acids is 1. The normalized spacial score (nSPS) is 25.8. The van der Waals surface area contributed by atoms with E-state index < -0.39 is 11.4 Å². The number of urea groups is 1. The highest BCUT2D eigenvalue weighted by Gasteiger charge is 2.55. The predicted octanol–water partition coefficient (Wildman–Crippen LogP) is 2.97. The van der Waals surface area contributed by atoms with Crippen LogP contribution in [0, 0.1) is 11.3 Å². The average molecular weight is 381 g/mol. The maximum atomic E-state index is 12.6. The van der Waals surface area contributed by atoms with Crippen molar-refractivity contribution < 1.29 is 19.4 Å². The monoisotopic (exact) mass is 380 g/mol. The zero-order valence-electron chi connectivity index (χ0n) is 14.9. The van der Waals surface area contributed by atoms with Crippen molar-refractivity contribution >= 4 is 23.6 Å². The van der Waals surface area contributed by atoms with Gasteiger partial charge in [0.05, 0.1) is 12.0 Å². The molecule has 1 aliphatic carbocycles. The molecule has 0 aromatic heterocycles. The van der Waals surface area contributed by atoms with Crippen molar-refractivity contribution in [2.75, 3.05) is 33.4 Å². The zero-order chi connectivity index (χ0) is 18.7. The molecule has 1 saturated carbocycles. The largest absolute Gasteiger partial charge is 0.481 e. The average Bonchev–Trinajstić information content (AvgIpc) is 3.17. The van der Waals surface area contributed by atoms with E-state index in [1.165, 1.54) is 0 Å². The van der Waals surface area contributed by atoms with Crippen molar-refractivity contribution in [1.29, 1.82) is 0 Å². The molecule has 26 heavy (non-hydrogen) atoms. The number of carbonyl (C=O) groups excluding carboxylic acids is 1. The molecule has 142 valence electrons. The summed E-state index contributed by atoms with van der Waals surface area (Å²) in [5.74, 6) is -0.692. The summed E-state index contributed by atoms with van der Waals surface area (Å²) in [6.07, 6.45) is 2.47. The van der Waals surface area contributed by atoms with E-state index in [1.807, 2.05) is 24.3 Å². The molecule has 2 fully saturated rings. The fourth-order valence-electron chi connectivity index (χ4n) is 4.33. The van der Waals surface area contributed by atoms with Gasteiger partial charge in [0.1, 0.15) is 0 Å². The Hall–Kier alpha value is -1.79. The molecule has 3 atom stereocenters. The van der Waals surface area contributed by atoms with Gasteiger partial charge in [0.15, 0.2) is 0 Å². The Morgan fingerprint density at radius 2 is 2.15 bits per heavy atom. The molecule has 1 unspecified atom stereocenters. The Bertz CT molecular complexity index is 666. The highest BCUT2D eigenvalue weighted by Crippen LogP contribution is 2.48. The number of nitrogens with zero attached hydrogens (tertiary/aromatic N) is 1. The molecule has 1 aliphatic heterocycles. The van der Waals surface area contributed by atoms with Gasteiger partial charge >= 0.3 is 12.0 Å². The predicted molar refractivity (Wildman–Crippen MR) is 98.5 cm³/mol. The van der Waals surface area contributed by atoms with Crippen LogP contribution >= 0.6 is 11.6 Å². The topological polar surface area (TPSA) is 78.9 Å². The lowest BCUT2D eigenvalue weighted by Gasteiger charge is -2.24. The number of halogens is 1. The number of carboxylic acid groups (broad SMARTS) is 1. The molecular weight excluding hydrogens is 356 g/mol. The Balaban J connectivity index is 1.61. The summed E-state index contributed by atoms with van der Waals surface area (Å²) < 4.78 is 5.28. The molecule has 0 spiro atoms. The lowest BCUT2D eigenvalue weighted by atomic mass is 9.81. The van der Waals surface area contributed by atoms with E-state index in [9.17, 15) is 14.7 Å². The second-order valence-corrected chi connectivity index (χ2v) is 7.76. The van der Waals surface area contributed by atoms with Crippen molar-refractivity contribution in [1.82, 2.24) is 10.2 Å². The number of rotatable bonds is 6. The standard InChI is InChI=1S/C19H25ClN2O4/c1-26-11-14(13-4-6-16(20)7-5-13)9-21-18(25)22-10-15-3-2-8-19(15,12-22)17(23)24/h4-7,14-15H,2-3,8-12H2,1H3,(H,21,25)(H,23,24)/t14?,15-,19+/m0/s1. The molecule has 1 aromatic rings. The van der Waals surface area contributed by atoms with Crippen molar-refractivity contribution in [3.8, 4) is 0 Å². The van der Waals surface area contributed by atoms with Crippen molar-refractivity contribution in [3.63, 3.8) is 0 Å². The first-order chi connectivity index (χ1) is 12.5. The summed E-state index contributed by atoms with van der Waals surface area (Å²) in [6, 6.07) is 7.30. The number of amides is 2. The fourth-order valence-corrected chi connectivity index (χ4v) is 4.45. The summed E-state index contributed by atoms with van der Waals surface area (Å²) in [4.78, 5) is 26.0. The number of ether oxygens (including phenoxy) is 1. The third-order valence-corrected chi connectivity index (χ3v) is 6.04. The SMILES string of the molecule is COCC(CNC(=O)N1C[C@@H]2CCC[C@@]2(C(=O)O)C1)c1ccc(Cl)cc1. The lowest BCUT2D eigenvalue weighted by molar-refractivity contribution is -0.149.